The summed E-state index contributed by atoms with van der Waals surface area (Å²) in [6, 6.07) is 2.21. The van der Waals surface area contributed by atoms with Gasteiger partial charge in [0.05, 0.1) is 21.8 Å². The van der Waals surface area contributed by atoms with Crippen molar-refractivity contribution in [2.45, 2.75) is 64.8 Å². The number of hydrogen-bond acceptors (Lipinski definition) is 3. The molecule has 1 atom stereocenters. The van der Waals surface area contributed by atoms with Gasteiger partial charge in [-0.15, -0.1) is 11.3 Å². The van der Waals surface area contributed by atoms with Gasteiger partial charge in [0.25, 0.3) is 5.91 Å². The molecule has 0 saturated heterocycles. The van der Waals surface area contributed by atoms with Gasteiger partial charge in [-0.05, 0) is 31.7 Å². The Morgan fingerprint density at radius 3 is 2.77 bits per heavy atom. The molecule has 3 rings (SSSR count). The molecule has 4 nitrogen and oxygen atoms in total. The van der Waals surface area contributed by atoms with Crippen molar-refractivity contribution in [1.29, 1.82) is 0 Å². The molecule has 1 amide bonds. The fourth-order valence-electron chi connectivity index (χ4n) is 3.95. The molecule has 6 heteroatoms. The number of aryl methyl sites for hydroxylation is 2. The third-order valence-corrected chi connectivity index (χ3v) is 6.79. The van der Waals surface area contributed by atoms with E-state index in [0.717, 1.165) is 39.8 Å². The summed E-state index contributed by atoms with van der Waals surface area (Å²) in [4.78, 5) is 14.6. The van der Waals surface area contributed by atoms with Crippen molar-refractivity contribution >= 4 is 28.8 Å². The molecule has 2 heterocycles. The van der Waals surface area contributed by atoms with Gasteiger partial charge in [0, 0.05) is 23.5 Å². The van der Waals surface area contributed by atoms with E-state index in [9.17, 15) is 4.79 Å². The maximum absolute atomic E-state index is 12.8. The summed E-state index contributed by atoms with van der Waals surface area (Å²) in [7, 11) is 1.87. The zero-order valence-corrected chi connectivity index (χ0v) is 17.4. The van der Waals surface area contributed by atoms with Gasteiger partial charge in [-0.3, -0.25) is 9.48 Å². The van der Waals surface area contributed by atoms with Gasteiger partial charge in [-0.25, -0.2) is 0 Å². The van der Waals surface area contributed by atoms with Crippen LogP contribution in [0.4, 0.5) is 0 Å². The molecule has 2 aromatic rings. The lowest BCUT2D eigenvalue weighted by molar-refractivity contribution is 0.0931. The third-order valence-electron chi connectivity index (χ3n) is 5.46. The largest absolute Gasteiger partial charge is 0.349 e. The van der Waals surface area contributed by atoms with Crippen LogP contribution >= 0.6 is 22.9 Å². The Hall–Kier alpha value is -1.33. The minimum Gasteiger partial charge on any atom is -0.349 e. The summed E-state index contributed by atoms with van der Waals surface area (Å²) in [5, 5.41) is 8.08. The molecule has 1 aliphatic rings. The maximum atomic E-state index is 12.8. The lowest BCUT2D eigenvalue weighted by atomic mass is 9.84. The van der Waals surface area contributed by atoms with E-state index in [1.165, 1.54) is 43.4 Å². The highest BCUT2D eigenvalue weighted by Gasteiger charge is 2.22. The summed E-state index contributed by atoms with van der Waals surface area (Å²) in [5.41, 5.74) is 1.86. The first kappa shape index (κ1) is 19.4. The summed E-state index contributed by atoms with van der Waals surface area (Å²) in [6.07, 6.45) is 10.4. The van der Waals surface area contributed by atoms with Crippen molar-refractivity contribution in [3.63, 3.8) is 0 Å². The van der Waals surface area contributed by atoms with Crippen molar-refractivity contribution in [3.8, 4) is 11.3 Å². The monoisotopic (exact) mass is 393 g/mol. The minimum absolute atomic E-state index is 0.0327. The van der Waals surface area contributed by atoms with Crippen molar-refractivity contribution in [3.05, 3.63) is 27.0 Å². The van der Waals surface area contributed by atoms with Crippen molar-refractivity contribution in [2.75, 3.05) is 0 Å². The van der Waals surface area contributed by atoms with Crippen LogP contribution in [0.3, 0.4) is 0 Å². The lowest BCUT2D eigenvalue weighted by Crippen LogP contribution is -2.35. The van der Waals surface area contributed by atoms with Gasteiger partial charge in [0.2, 0.25) is 0 Å². The van der Waals surface area contributed by atoms with E-state index in [0.29, 0.717) is 5.02 Å². The normalized spacial score (nSPS) is 16.6. The number of nitrogens with one attached hydrogen (secondary N) is 1. The summed E-state index contributed by atoms with van der Waals surface area (Å²) in [6.45, 7) is 4.19. The van der Waals surface area contributed by atoms with Crippen LogP contribution in [-0.4, -0.2) is 21.7 Å². The Kier molecular flexibility index (Phi) is 6.41. The fraction of sp³-hybridized carbons (Fsp3) is 0.600. The molecular weight excluding hydrogens is 366 g/mol. The van der Waals surface area contributed by atoms with Crippen LogP contribution in [0.15, 0.2) is 12.3 Å². The van der Waals surface area contributed by atoms with Crippen LogP contribution in [0.1, 0.15) is 66.4 Å². The molecule has 0 aromatic carbocycles. The quantitative estimate of drug-likeness (QED) is 0.695. The standard InChI is InChI=1S/C20H28ClN3OS/c1-4-15(10-14-8-6-5-7-9-14)23-20(25)18-11-16(13(2)26-18)19-17(21)12-22-24(19)3/h11-12,14-15H,4-10H2,1-3H3,(H,23,25)/t15-/m1/s1. The Morgan fingerprint density at radius 2 is 2.15 bits per heavy atom. The molecule has 0 spiro atoms. The minimum atomic E-state index is 0.0327. The number of thiophene rings is 1. The first-order valence-electron chi connectivity index (χ1n) is 9.58. The lowest BCUT2D eigenvalue weighted by Gasteiger charge is -2.26. The van der Waals surface area contributed by atoms with Crippen molar-refractivity contribution in [2.24, 2.45) is 13.0 Å². The first-order chi connectivity index (χ1) is 12.5. The number of halogens is 1. The highest BCUT2D eigenvalue weighted by atomic mass is 35.5. The van der Waals surface area contributed by atoms with Crippen LogP contribution in [0.5, 0.6) is 0 Å². The molecule has 0 unspecified atom stereocenters. The van der Waals surface area contributed by atoms with Crippen LogP contribution in [0, 0.1) is 12.8 Å². The SMILES string of the molecule is CC[C@H](CC1CCCCC1)NC(=O)c1cc(-c2c(Cl)cnn2C)c(C)s1. The maximum Gasteiger partial charge on any atom is 0.261 e. The van der Waals surface area contributed by atoms with Crippen LogP contribution in [0.2, 0.25) is 5.02 Å². The molecule has 142 valence electrons. The molecular formula is C20H28ClN3OS. The molecule has 2 aromatic heterocycles. The van der Waals surface area contributed by atoms with Crippen LogP contribution in [-0.2, 0) is 7.05 Å². The van der Waals surface area contributed by atoms with Gasteiger partial charge in [0.15, 0.2) is 0 Å². The summed E-state index contributed by atoms with van der Waals surface area (Å²) in [5.74, 6) is 0.799. The number of carbonyl (C=O) groups excluding carboxylic acids is 1. The molecule has 26 heavy (non-hydrogen) atoms. The smallest absolute Gasteiger partial charge is 0.261 e. The highest BCUT2D eigenvalue weighted by Crippen LogP contribution is 2.35. The van der Waals surface area contributed by atoms with E-state index < -0.39 is 0 Å². The van der Waals surface area contributed by atoms with Gasteiger partial charge in [-0.2, -0.15) is 5.10 Å². The summed E-state index contributed by atoms with van der Waals surface area (Å²) >= 11 is 7.80. The first-order valence-corrected chi connectivity index (χ1v) is 10.8. The predicted octanol–water partition coefficient (Wildman–Crippen LogP) is 5.59. The second-order valence-corrected chi connectivity index (χ2v) is 9.03. The van der Waals surface area contributed by atoms with E-state index in [2.05, 4.69) is 17.3 Å². The molecule has 0 radical (unpaired) electrons. The Balaban J connectivity index is 1.70. The second kappa shape index (κ2) is 8.57. The number of rotatable bonds is 6. The van der Waals surface area contributed by atoms with E-state index in [-0.39, 0.29) is 11.9 Å². The fourth-order valence-corrected chi connectivity index (χ4v) is 5.14. The van der Waals surface area contributed by atoms with Gasteiger partial charge >= 0.3 is 0 Å². The zero-order valence-electron chi connectivity index (χ0n) is 15.8. The van der Waals surface area contributed by atoms with E-state index in [4.69, 9.17) is 11.6 Å². The van der Waals surface area contributed by atoms with Crippen LogP contribution < -0.4 is 5.32 Å². The topological polar surface area (TPSA) is 46.9 Å². The van der Waals surface area contributed by atoms with E-state index in [1.54, 1.807) is 10.9 Å². The molecule has 0 bridgehead atoms. The predicted molar refractivity (Wildman–Crippen MR) is 109 cm³/mol. The number of nitrogens with zero attached hydrogens (tertiary/aromatic N) is 2. The van der Waals surface area contributed by atoms with Crippen molar-refractivity contribution < 1.29 is 4.79 Å². The molecule has 1 saturated carbocycles. The Labute approximate surface area is 164 Å². The molecule has 1 aliphatic carbocycles. The third kappa shape index (κ3) is 4.32. The number of carbonyl (C=O) groups is 1. The van der Waals surface area contributed by atoms with E-state index >= 15 is 0 Å². The average molecular weight is 394 g/mol. The number of aromatic nitrogens is 2. The average Bonchev–Trinajstić information content (AvgIpc) is 3.17. The van der Waals surface area contributed by atoms with Gasteiger partial charge < -0.3 is 5.32 Å². The molecule has 1 fully saturated rings. The Bertz CT molecular complexity index is 742. The van der Waals surface area contributed by atoms with Gasteiger partial charge in [-0.1, -0.05) is 50.6 Å². The van der Waals surface area contributed by atoms with Crippen LogP contribution in [0.25, 0.3) is 11.3 Å². The zero-order chi connectivity index (χ0) is 18.7. The molecule has 1 N–H and O–H groups in total. The van der Waals surface area contributed by atoms with E-state index in [1.807, 2.05) is 20.0 Å². The summed E-state index contributed by atoms with van der Waals surface area (Å²) < 4.78 is 1.76. The van der Waals surface area contributed by atoms with Gasteiger partial charge in [0.1, 0.15) is 0 Å². The Morgan fingerprint density at radius 1 is 1.42 bits per heavy atom. The highest BCUT2D eigenvalue weighted by molar-refractivity contribution is 7.14. The molecule has 0 aliphatic heterocycles. The van der Waals surface area contributed by atoms with Crippen molar-refractivity contribution in [1.82, 2.24) is 15.1 Å². The second-order valence-electron chi connectivity index (χ2n) is 7.36. The number of amides is 1. The number of hydrogen-bond donors (Lipinski definition) is 1.